The molecule has 0 unspecified atom stereocenters. The summed E-state index contributed by atoms with van der Waals surface area (Å²) in [7, 11) is 0. The molecule has 0 aliphatic carbocycles. The first-order valence-electron chi connectivity index (χ1n) is 8.64. The van der Waals surface area contributed by atoms with Gasteiger partial charge in [-0.25, -0.2) is 9.38 Å². The number of likely N-dealkylation sites (N-methyl/N-ethyl adjacent to an activating group) is 1. The zero-order valence-corrected chi connectivity index (χ0v) is 15.9. The van der Waals surface area contributed by atoms with E-state index < -0.39 is 5.82 Å². The number of para-hydroxylation sites is 1. The van der Waals surface area contributed by atoms with Gasteiger partial charge < -0.3 is 0 Å². The van der Waals surface area contributed by atoms with Crippen LogP contribution >= 0.6 is 11.8 Å². The Morgan fingerprint density at radius 3 is 2.46 bits per heavy atom. The molecule has 0 radical (unpaired) electrons. The Morgan fingerprint density at radius 2 is 1.85 bits per heavy atom. The van der Waals surface area contributed by atoms with Gasteiger partial charge in [-0.1, -0.05) is 50.2 Å². The lowest BCUT2D eigenvalue weighted by Crippen LogP contribution is -2.28. The summed E-state index contributed by atoms with van der Waals surface area (Å²) < 4.78 is 13.9. The molecule has 26 heavy (non-hydrogen) atoms. The molecule has 2 aromatic carbocycles. The molecule has 0 spiro atoms. The number of carbonyl (C=O) groups excluding carboxylic acids is 1. The minimum absolute atomic E-state index is 0.0967. The van der Waals surface area contributed by atoms with Crippen LogP contribution in [0.1, 0.15) is 37.8 Å². The highest BCUT2D eigenvalue weighted by Gasteiger charge is 2.32. The normalized spacial score (nSPS) is 17.7. The van der Waals surface area contributed by atoms with Crippen molar-refractivity contribution in [2.75, 3.05) is 6.54 Å². The van der Waals surface area contributed by atoms with Crippen molar-refractivity contribution >= 4 is 34.6 Å². The highest BCUT2D eigenvalue weighted by atomic mass is 32.2. The lowest BCUT2D eigenvalue weighted by Gasteiger charge is -2.12. The molecule has 1 saturated heterocycles. The molecule has 1 aliphatic rings. The minimum atomic E-state index is -0.397. The van der Waals surface area contributed by atoms with Crippen molar-refractivity contribution in [3.05, 3.63) is 70.4 Å². The van der Waals surface area contributed by atoms with Crippen LogP contribution in [0.3, 0.4) is 0 Å². The molecule has 1 fully saturated rings. The van der Waals surface area contributed by atoms with Crippen LogP contribution in [0.5, 0.6) is 0 Å². The van der Waals surface area contributed by atoms with E-state index in [4.69, 9.17) is 0 Å². The van der Waals surface area contributed by atoms with Crippen LogP contribution in [-0.4, -0.2) is 22.5 Å². The van der Waals surface area contributed by atoms with E-state index in [9.17, 15) is 9.18 Å². The summed E-state index contributed by atoms with van der Waals surface area (Å²) in [4.78, 5) is 19.2. The Kier molecular flexibility index (Phi) is 5.57. The first-order chi connectivity index (χ1) is 12.5. The fraction of sp³-hybridized carbons (Fsp3) is 0.238. The Labute approximate surface area is 157 Å². The van der Waals surface area contributed by atoms with E-state index in [1.165, 1.54) is 23.4 Å². The molecule has 0 bridgehead atoms. The Balaban J connectivity index is 1.90. The summed E-state index contributed by atoms with van der Waals surface area (Å²) in [6.07, 6.45) is 1.86. The average Bonchev–Trinajstić information content (AvgIpc) is 2.92. The van der Waals surface area contributed by atoms with Gasteiger partial charge in [0.05, 0.1) is 4.91 Å². The van der Waals surface area contributed by atoms with Crippen molar-refractivity contribution in [3.63, 3.8) is 0 Å². The number of aliphatic imine (C=N–C) groups is 1. The van der Waals surface area contributed by atoms with Crippen LogP contribution in [0.2, 0.25) is 0 Å². The number of carbonyl (C=O) groups is 1. The van der Waals surface area contributed by atoms with E-state index in [0.717, 1.165) is 5.56 Å². The van der Waals surface area contributed by atoms with Gasteiger partial charge in [-0.15, -0.1) is 0 Å². The van der Waals surface area contributed by atoms with Crippen LogP contribution in [0.25, 0.3) is 6.08 Å². The number of amides is 1. The largest absolute Gasteiger partial charge is 0.287 e. The van der Waals surface area contributed by atoms with Crippen LogP contribution in [-0.2, 0) is 4.79 Å². The van der Waals surface area contributed by atoms with Gasteiger partial charge in [-0.05, 0) is 53.9 Å². The number of halogens is 1. The SMILES string of the molecule is CCN1C(=O)/C(=C\c2ccc(C(C)C)cc2)SC1=Nc1ccccc1F. The van der Waals surface area contributed by atoms with Crippen LogP contribution in [0.4, 0.5) is 10.1 Å². The zero-order chi connectivity index (χ0) is 18.7. The maximum Gasteiger partial charge on any atom is 0.266 e. The van der Waals surface area contributed by atoms with E-state index in [2.05, 4.69) is 31.0 Å². The standard InChI is InChI=1S/C21H21FN2OS/c1-4-24-20(25)19(13-15-9-11-16(12-10-15)14(2)3)26-21(24)23-18-8-6-5-7-17(18)22/h5-14H,4H2,1-3H3/b19-13+,23-21?. The maximum absolute atomic E-state index is 13.9. The van der Waals surface area contributed by atoms with Crippen LogP contribution < -0.4 is 0 Å². The first-order valence-corrected chi connectivity index (χ1v) is 9.46. The topological polar surface area (TPSA) is 32.7 Å². The van der Waals surface area contributed by atoms with Gasteiger partial charge in [0.2, 0.25) is 0 Å². The molecule has 2 aromatic rings. The number of thioether (sulfide) groups is 1. The smallest absolute Gasteiger partial charge is 0.266 e. The number of hydrogen-bond acceptors (Lipinski definition) is 3. The second-order valence-electron chi connectivity index (χ2n) is 6.33. The highest BCUT2D eigenvalue weighted by molar-refractivity contribution is 8.18. The van der Waals surface area contributed by atoms with E-state index in [0.29, 0.717) is 22.5 Å². The first kappa shape index (κ1) is 18.4. The number of nitrogens with zero attached hydrogens (tertiary/aromatic N) is 2. The molecule has 1 heterocycles. The van der Waals surface area contributed by atoms with Gasteiger partial charge in [-0.3, -0.25) is 9.69 Å². The van der Waals surface area contributed by atoms with Crippen LogP contribution in [0, 0.1) is 5.82 Å². The molecular weight excluding hydrogens is 347 g/mol. The van der Waals surface area contributed by atoms with Crippen molar-refractivity contribution in [2.45, 2.75) is 26.7 Å². The molecule has 5 heteroatoms. The average molecular weight is 368 g/mol. The third kappa shape index (κ3) is 3.88. The molecule has 1 amide bonds. The maximum atomic E-state index is 13.9. The summed E-state index contributed by atoms with van der Waals surface area (Å²) in [5, 5.41) is 0.507. The Bertz CT molecular complexity index is 872. The van der Waals surface area contributed by atoms with Crippen molar-refractivity contribution in [1.82, 2.24) is 4.90 Å². The van der Waals surface area contributed by atoms with E-state index in [1.807, 2.05) is 25.1 Å². The summed E-state index contributed by atoms with van der Waals surface area (Å²) >= 11 is 1.28. The third-order valence-electron chi connectivity index (χ3n) is 4.17. The van der Waals surface area contributed by atoms with Crippen molar-refractivity contribution in [3.8, 4) is 0 Å². The Morgan fingerprint density at radius 1 is 1.15 bits per heavy atom. The minimum Gasteiger partial charge on any atom is -0.287 e. The third-order valence-corrected chi connectivity index (χ3v) is 5.18. The van der Waals surface area contributed by atoms with Gasteiger partial charge in [0.1, 0.15) is 11.5 Å². The zero-order valence-electron chi connectivity index (χ0n) is 15.1. The van der Waals surface area contributed by atoms with Gasteiger partial charge in [-0.2, -0.15) is 0 Å². The number of benzene rings is 2. The predicted molar refractivity (Wildman–Crippen MR) is 107 cm³/mol. The molecule has 3 nitrogen and oxygen atoms in total. The molecule has 0 atom stereocenters. The van der Waals surface area contributed by atoms with Crippen molar-refractivity contribution in [1.29, 1.82) is 0 Å². The molecule has 0 saturated carbocycles. The second kappa shape index (κ2) is 7.87. The fourth-order valence-corrected chi connectivity index (χ4v) is 3.70. The molecule has 134 valence electrons. The van der Waals surface area contributed by atoms with Gasteiger partial charge in [0.15, 0.2) is 5.17 Å². The number of hydrogen-bond donors (Lipinski definition) is 0. The number of amidine groups is 1. The van der Waals surface area contributed by atoms with E-state index in [-0.39, 0.29) is 11.6 Å². The highest BCUT2D eigenvalue weighted by Crippen LogP contribution is 2.34. The number of rotatable bonds is 4. The van der Waals surface area contributed by atoms with E-state index >= 15 is 0 Å². The molecule has 0 N–H and O–H groups in total. The Hall–Kier alpha value is -2.40. The quantitative estimate of drug-likeness (QED) is 0.661. The van der Waals surface area contributed by atoms with Crippen LogP contribution in [0.15, 0.2) is 58.4 Å². The van der Waals surface area contributed by atoms with Crippen molar-refractivity contribution < 1.29 is 9.18 Å². The lowest BCUT2D eigenvalue weighted by molar-refractivity contribution is -0.122. The molecule has 1 aliphatic heterocycles. The lowest BCUT2D eigenvalue weighted by atomic mass is 10.0. The summed E-state index contributed by atoms with van der Waals surface area (Å²) in [6.45, 7) is 6.67. The van der Waals surface area contributed by atoms with Crippen molar-refractivity contribution in [2.24, 2.45) is 4.99 Å². The molecular formula is C21H21FN2OS. The van der Waals surface area contributed by atoms with E-state index in [1.54, 1.807) is 23.1 Å². The summed E-state index contributed by atoms with van der Waals surface area (Å²) in [6, 6.07) is 14.5. The van der Waals surface area contributed by atoms with Gasteiger partial charge >= 0.3 is 0 Å². The molecule has 3 rings (SSSR count). The second-order valence-corrected chi connectivity index (χ2v) is 7.34. The predicted octanol–water partition coefficient (Wildman–Crippen LogP) is 5.57. The summed E-state index contributed by atoms with van der Waals surface area (Å²) in [5.41, 5.74) is 2.46. The summed E-state index contributed by atoms with van der Waals surface area (Å²) in [5.74, 6) is -0.0272. The molecule has 0 aromatic heterocycles. The van der Waals surface area contributed by atoms with Gasteiger partial charge in [0, 0.05) is 6.54 Å². The monoisotopic (exact) mass is 368 g/mol. The fourth-order valence-electron chi connectivity index (χ4n) is 2.64. The van der Waals surface area contributed by atoms with Gasteiger partial charge in [0.25, 0.3) is 5.91 Å².